The number of fused-ring (bicyclic) bond motifs is 2. The van der Waals surface area contributed by atoms with Crippen LogP contribution in [0.4, 0.5) is 0 Å². The van der Waals surface area contributed by atoms with Crippen LogP contribution < -0.4 is 0 Å². The van der Waals surface area contributed by atoms with E-state index in [1.807, 2.05) is 13.8 Å². The Labute approximate surface area is 174 Å². The van der Waals surface area contributed by atoms with E-state index in [0.29, 0.717) is 12.3 Å². The lowest BCUT2D eigenvalue weighted by Crippen LogP contribution is -2.64. The molecule has 8 atom stereocenters. The van der Waals surface area contributed by atoms with E-state index in [0.717, 1.165) is 32.1 Å². The van der Waals surface area contributed by atoms with Crippen LogP contribution >= 0.6 is 0 Å². The van der Waals surface area contributed by atoms with Crippen LogP contribution in [0.25, 0.3) is 0 Å². The Morgan fingerprint density at radius 1 is 1.10 bits per heavy atom. The summed E-state index contributed by atoms with van der Waals surface area (Å²) in [6.45, 7) is 11.2. The second-order valence-electron chi connectivity index (χ2n) is 11.8. The molecule has 1 spiro atoms. The molecule has 8 unspecified atom stereocenters. The Kier molecular flexibility index (Phi) is 3.78. The number of hydrogen-bond donors (Lipinski definition) is 1. The van der Waals surface area contributed by atoms with Crippen molar-refractivity contribution in [3.8, 4) is 0 Å². The minimum absolute atomic E-state index is 0.0109. The first kappa shape index (κ1) is 19.8. The van der Waals surface area contributed by atoms with Crippen molar-refractivity contribution in [2.45, 2.75) is 78.7 Å². The van der Waals surface area contributed by atoms with Crippen LogP contribution in [0.15, 0.2) is 12.2 Å². The van der Waals surface area contributed by atoms with Gasteiger partial charge in [-0.25, -0.2) is 0 Å². The second kappa shape index (κ2) is 5.55. The average molecular weight is 401 g/mol. The van der Waals surface area contributed by atoms with Crippen molar-refractivity contribution in [2.24, 2.45) is 45.3 Å². The molecular weight excluding hydrogens is 364 g/mol. The summed E-state index contributed by atoms with van der Waals surface area (Å²) in [4.78, 5) is 26.5. The number of aliphatic hydroxyl groups is 1. The molecule has 0 aromatic carbocycles. The van der Waals surface area contributed by atoms with Crippen molar-refractivity contribution in [2.75, 3.05) is 6.61 Å². The third-order valence-corrected chi connectivity index (χ3v) is 11.0. The molecule has 0 aromatic rings. The first-order valence-corrected chi connectivity index (χ1v) is 11.6. The Bertz CT molecular complexity index is 814. The fourth-order valence-corrected chi connectivity index (χ4v) is 8.98. The van der Waals surface area contributed by atoms with E-state index in [4.69, 9.17) is 4.74 Å². The molecule has 5 aliphatic rings. The zero-order chi connectivity index (χ0) is 21.0. The van der Waals surface area contributed by atoms with Gasteiger partial charge in [0.1, 0.15) is 11.4 Å². The number of carbonyl (C=O) groups excluding carboxylic acids is 2. The molecular formula is C25H36O4. The molecule has 0 amide bonds. The smallest absolute Gasteiger partial charge is 0.314 e. The lowest BCUT2D eigenvalue weighted by atomic mass is 9.38. The van der Waals surface area contributed by atoms with Crippen LogP contribution in [-0.4, -0.2) is 29.1 Å². The number of Topliss-reactive ketones (excluding diaryl/α,β-unsaturated/α-hetero) is 1. The zero-order valence-corrected chi connectivity index (χ0v) is 18.6. The van der Waals surface area contributed by atoms with Gasteiger partial charge in [-0.3, -0.25) is 9.59 Å². The standard InChI is InChI=1S/C25H36O4/c1-15(14-26)16-8-10-23(5)17-9-11-25-18(6-7-19(27)21(25,2)3)24(17,20(28)29-25)13-12-22(16,23)4/h9,11,15-18,26H,6-8,10,12-14H2,1-5H3. The Morgan fingerprint density at radius 3 is 2.52 bits per heavy atom. The van der Waals surface area contributed by atoms with Crippen LogP contribution in [0.3, 0.4) is 0 Å². The number of carbonyl (C=O) groups is 2. The topological polar surface area (TPSA) is 63.6 Å². The van der Waals surface area contributed by atoms with Crippen molar-refractivity contribution in [3.63, 3.8) is 0 Å². The number of hydrogen-bond acceptors (Lipinski definition) is 4. The van der Waals surface area contributed by atoms with Gasteiger partial charge in [-0.05, 0) is 80.6 Å². The monoisotopic (exact) mass is 400 g/mol. The molecule has 4 nitrogen and oxygen atoms in total. The maximum Gasteiger partial charge on any atom is 0.314 e. The molecule has 4 fully saturated rings. The minimum Gasteiger partial charge on any atom is -0.453 e. The summed E-state index contributed by atoms with van der Waals surface area (Å²) in [7, 11) is 0. The Morgan fingerprint density at radius 2 is 1.83 bits per heavy atom. The van der Waals surface area contributed by atoms with E-state index >= 15 is 0 Å². The van der Waals surface area contributed by atoms with Gasteiger partial charge in [0.25, 0.3) is 0 Å². The van der Waals surface area contributed by atoms with E-state index in [1.165, 1.54) is 0 Å². The van der Waals surface area contributed by atoms with Crippen molar-refractivity contribution in [3.05, 3.63) is 12.2 Å². The summed E-state index contributed by atoms with van der Waals surface area (Å²) in [5.41, 5.74) is -1.80. The van der Waals surface area contributed by atoms with Gasteiger partial charge >= 0.3 is 5.97 Å². The highest BCUT2D eigenvalue weighted by Gasteiger charge is 2.79. The van der Waals surface area contributed by atoms with Gasteiger partial charge in [0.15, 0.2) is 0 Å². The summed E-state index contributed by atoms with van der Waals surface area (Å²) >= 11 is 0. The third kappa shape index (κ3) is 1.88. The van der Waals surface area contributed by atoms with Gasteiger partial charge < -0.3 is 9.84 Å². The number of ketones is 1. The molecule has 4 heteroatoms. The van der Waals surface area contributed by atoms with Crippen molar-refractivity contribution >= 4 is 11.8 Å². The molecule has 2 bridgehead atoms. The lowest BCUT2D eigenvalue weighted by Gasteiger charge is -2.62. The van der Waals surface area contributed by atoms with E-state index in [2.05, 4.69) is 32.9 Å². The quantitative estimate of drug-likeness (QED) is 0.554. The number of rotatable bonds is 2. The average Bonchev–Trinajstić information content (AvgIpc) is 3.03. The predicted octanol–water partition coefficient (Wildman–Crippen LogP) is 4.30. The Balaban J connectivity index is 1.66. The molecule has 0 radical (unpaired) electrons. The minimum atomic E-state index is -0.767. The molecule has 4 aliphatic carbocycles. The fourth-order valence-electron chi connectivity index (χ4n) is 8.98. The van der Waals surface area contributed by atoms with Crippen molar-refractivity contribution in [1.29, 1.82) is 0 Å². The molecule has 29 heavy (non-hydrogen) atoms. The maximum atomic E-state index is 13.7. The number of aliphatic hydroxyl groups excluding tert-OH is 1. The van der Waals surface area contributed by atoms with Gasteiger partial charge in [0.05, 0.1) is 10.8 Å². The van der Waals surface area contributed by atoms with Crippen molar-refractivity contribution < 1.29 is 19.4 Å². The Hall–Kier alpha value is -1.16. The molecule has 1 saturated heterocycles. The molecule has 160 valence electrons. The van der Waals surface area contributed by atoms with E-state index in [9.17, 15) is 14.7 Å². The zero-order valence-electron chi connectivity index (χ0n) is 18.6. The fraction of sp³-hybridized carbons (Fsp3) is 0.840. The van der Waals surface area contributed by atoms with Crippen molar-refractivity contribution in [1.82, 2.24) is 0 Å². The first-order chi connectivity index (χ1) is 13.5. The first-order valence-electron chi connectivity index (χ1n) is 11.6. The summed E-state index contributed by atoms with van der Waals surface area (Å²) in [6.07, 6.45) is 9.77. The largest absolute Gasteiger partial charge is 0.453 e. The highest BCUT2D eigenvalue weighted by molar-refractivity contribution is 5.92. The SMILES string of the molecule is CC(CO)C1CCC2(C)C3C=CC45OC(=O)C3(CCC12C)C4CCC(=O)C5(C)C. The highest BCUT2D eigenvalue weighted by Crippen LogP contribution is 2.77. The predicted molar refractivity (Wildman–Crippen MR) is 110 cm³/mol. The third-order valence-electron chi connectivity index (χ3n) is 11.0. The lowest BCUT2D eigenvalue weighted by molar-refractivity contribution is -0.166. The van der Waals surface area contributed by atoms with Gasteiger partial charge in [-0.15, -0.1) is 0 Å². The normalized spacial score (nSPS) is 53.1. The van der Waals surface area contributed by atoms with Gasteiger partial charge in [-0.2, -0.15) is 0 Å². The molecule has 1 N–H and O–H groups in total. The van der Waals surface area contributed by atoms with E-state index in [1.54, 1.807) is 0 Å². The molecule has 1 aliphatic heterocycles. The number of allylic oxidation sites excluding steroid dienone is 1. The van der Waals surface area contributed by atoms with Crippen LogP contribution in [0.5, 0.6) is 0 Å². The van der Waals surface area contributed by atoms with Crippen LogP contribution in [0.1, 0.15) is 73.1 Å². The maximum absolute atomic E-state index is 13.7. The number of esters is 1. The summed E-state index contributed by atoms with van der Waals surface area (Å²) < 4.78 is 6.26. The van der Waals surface area contributed by atoms with Gasteiger partial charge in [0, 0.05) is 18.9 Å². The second-order valence-corrected chi connectivity index (χ2v) is 11.8. The molecule has 1 heterocycles. The molecule has 0 aromatic heterocycles. The van der Waals surface area contributed by atoms with Gasteiger partial charge in [-0.1, -0.05) is 26.8 Å². The van der Waals surface area contributed by atoms with E-state index < -0.39 is 16.4 Å². The van der Waals surface area contributed by atoms with Gasteiger partial charge in [0.2, 0.25) is 0 Å². The molecule has 3 saturated carbocycles. The van der Waals surface area contributed by atoms with Crippen LogP contribution in [0, 0.1) is 45.3 Å². The summed E-state index contributed by atoms with van der Waals surface area (Å²) in [6, 6.07) is 0. The highest BCUT2D eigenvalue weighted by atomic mass is 16.6. The number of ether oxygens (including phenoxy) is 1. The van der Waals surface area contributed by atoms with Crippen LogP contribution in [-0.2, 0) is 14.3 Å². The summed E-state index contributed by atoms with van der Waals surface area (Å²) in [5.74, 6) is 1.18. The summed E-state index contributed by atoms with van der Waals surface area (Å²) in [5, 5.41) is 9.88. The molecule has 5 rings (SSSR count). The van der Waals surface area contributed by atoms with E-state index in [-0.39, 0.29) is 46.9 Å². The van der Waals surface area contributed by atoms with Crippen LogP contribution in [0.2, 0.25) is 0 Å².